The fourth-order valence-electron chi connectivity index (χ4n) is 2.56. The minimum atomic E-state index is -0.175. The molecule has 0 atom stereocenters. The van der Waals surface area contributed by atoms with Crippen LogP contribution in [0.1, 0.15) is 22.8 Å². The van der Waals surface area contributed by atoms with E-state index in [1.54, 1.807) is 30.3 Å². The van der Waals surface area contributed by atoms with Crippen LogP contribution >= 0.6 is 0 Å². The molecule has 0 aliphatic carbocycles. The molecule has 0 bridgehead atoms. The van der Waals surface area contributed by atoms with Crippen molar-refractivity contribution >= 4 is 17.5 Å². The largest absolute Gasteiger partial charge is 0.493 e. The van der Waals surface area contributed by atoms with Gasteiger partial charge in [0.15, 0.2) is 6.61 Å². The SMILES string of the molecule is CCNC(=O)COc1ccc(NC(=O)c2ccc3c(c2)CCO3)cc1. The number of benzene rings is 2. The van der Waals surface area contributed by atoms with E-state index in [9.17, 15) is 9.59 Å². The number of carbonyl (C=O) groups excluding carboxylic acids is 2. The lowest BCUT2D eigenvalue weighted by molar-refractivity contribution is -0.122. The highest BCUT2D eigenvalue weighted by Crippen LogP contribution is 2.26. The molecule has 6 heteroatoms. The molecule has 0 aromatic heterocycles. The van der Waals surface area contributed by atoms with Crippen molar-refractivity contribution in [2.45, 2.75) is 13.3 Å². The van der Waals surface area contributed by atoms with Gasteiger partial charge in [0.2, 0.25) is 0 Å². The zero-order valence-electron chi connectivity index (χ0n) is 14.0. The van der Waals surface area contributed by atoms with Crippen molar-refractivity contribution in [3.63, 3.8) is 0 Å². The van der Waals surface area contributed by atoms with Crippen molar-refractivity contribution in [2.24, 2.45) is 0 Å². The van der Waals surface area contributed by atoms with Crippen LogP contribution in [-0.2, 0) is 11.2 Å². The van der Waals surface area contributed by atoms with E-state index in [2.05, 4.69) is 10.6 Å². The number of amides is 2. The molecule has 130 valence electrons. The summed E-state index contributed by atoms with van der Waals surface area (Å²) >= 11 is 0. The first-order chi connectivity index (χ1) is 12.2. The van der Waals surface area contributed by atoms with Crippen LogP contribution in [-0.4, -0.2) is 31.6 Å². The number of hydrogen-bond donors (Lipinski definition) is 2. The summed E-state index contributed by atoms with van der Waals surface area (Å²) in [7, 11) is 0. The van der Waals surface area contributed by atoms with Crippen molar-refractivity contribution in [2.75, 3.05) is 25.1 Å². The summed E-state index contributed by atoms with van der Waals surface area (Å²) in [6.45, 7) is 3.06. The molecule has 25 heavy (non-hydrogen) atoms. The van der Waals surface area contributed by atoms with Gasteiger partial charge in [0, 0.05) is 24.2 Å². The first-order valence-electron chi connectivity index (χ1n) is 8.22. The number of anilines is 1. The van der Waals surface area contributed by atoms with Crippen LogP contribution in [0.5, 0.6) is 11.5 Å². The summed E-state index contributed by atoms with van der Waals surface area (Å²) in [5, 5.41) is 5.51. The molecule has 0 saturated carbocycles. The number of nitrogens with one attached hydrogen (secondary N) is 2. The van der Waals surface area contributed by atoms with E-state index in [-0.39, 0.29) is 18.4 Å². The first kappa shape index (κ1) is 16.8. The Morgan fingerprint density at radius 3 is 2.72 bits per heavy atom. The highest BCUT2D eigenvalue weighted by Gasteiger charge is 2.15. The molecule has 2 aromatic rings. The third-order valence-corrected chi connectivity index (χ3v) is 3.81. The molecule has 1 heterocycles. The van der Waals surface area contributed by atoms with Gasteiger partial charge in [-0.05, 0) is 55.0 Å². The van der Waals surface area contributed by atoms with Crippen LogP contribution in [0.25, 0.3) is 0 Å². The van der Waals surface area contributed by atoms with Gasteiger partial charge in [0.05, 0.1) is 6.61 Å². The lowest BCUT2D eigenvalue weighted by atomic mass is 10.1. The predicted octanol–water partition coefficient (Wildman–Crippen LogP) is 2.39. The minimum absolute atomic E-state index is 0.0310. The van der Waals surface area contributed by atoms with Crippen LogP contribution < -0.4 is 20.1 Å². The van der Waals surface area contributed by atoms with Gasteiger partial charge < -0.3 is 20.1 Å². The molecule has 3 rings (SSSR count). The summed E-state index contributed by atoms with van der Waals surface area (Å²) in [6.07, 6.45) is 0.827. The van der Waals surface area contributed by atoms with Gasteiger partial charge in [0.25, 0.3) is 11.8 Å². The van der Waals surface area contributed by atoms with Gasteiger partial charge >= 0.3 is 0 Å². The van der Waals surface area contributed by atoms with Crippen LogP contribution in [0.15, 0.2) is 42.5 Å². The third-order valence-electron chi connectivity index (χ3n) is 3.81. The highest BCUT2D eigenvalue weighted by atomic mass is 16.5. The number of carbonyl (C=O) groups is 2. The second-order valence-electron chi connectivity index (χ2n) is 5.64. The van der Waals surface area contributed by atoms with Crippen LogP contribution in [0.2, 0.25) is 0 Å². The minimum Gasteiger partial charge on any atom is -0.493 e. The number of likely N-dealkylation sites (N-methyl/N-ethyl adjacent to an activating group) is 1. The lowest BCUT2D eigenvalue weighted by Gasteiger charge is -2.09. The van der Waals surface area contributed by atoms with Crippen molar-refractivity contribution in [1.29, 1.82) is 0 Å². The van der Waals surface area contributed by atoms with E-state index in [4.69, 9.17) is 9.47 Å². The van der Waals surface area contributed by atoms with E-state index < -0.39 is 0 Å². The summed E-state index contributed by atoms with van der Waals surface area (Å²) in [5.74, 6) is 1.08. The fraction of sp³-hybridized carbons (Fsp3) is 0.263. The maximum atomic E-state index is 12.3. The van der Waals surface area contributed by atoms with Crippen molar-refractivity contribution in [3.8, 4) is 11.5 Å². The van der Waals surface area contributed by atoms with Crippen LogP contribution in [0.3, 0.4) is 0 Å². The molecular formula is C19H20N2O4. The maximum absolute atomic E-state index is 12.3. The van der Waals surface area contributed by atoms with Crippen molar-refractivity contribution in [3.05, 3.63) is 53.6 Å². The number of ether oxygens (including phenoxy) is 2. The van der Waals surface area contributed by atoms with Gasteiger partial charge in [-0.3, -0.25) is 9.59 Å². The smallest absolute Gasteiger partial charge is 0.257 e. The molecule has 2 amide bonds. The Labute approximate surface area is 146 Å². The molecule has 2 N–H and O–H groups in total. The van der Waals surface area contributed by atoms with E-state index >= 15 is 0 Å². The molecule has 0 radical (unpaired) electrons. The second kappa shape index (κ2) is 7.70. The Balaban J connectivity index is 1.57. The monoisotopic (exact) mass is 340 g/mol. The van der Waals surface area contributed by atoms with E-state index in [0.29, 0.717) is 30.2 Å². The Kier molecular flexibility index (Phi) is 5.18. The quantitative estimate of drug-likeness (QED) is 0.846. The van der Waals surface area contributed by atoms with Gasteiger partial charge in [-0.2, -0.15) is 0 Å². The zero-order chi connectivity index (χ0) is 17.6. The van der Waals surface area contributed by atoms with Crippen LogP contribution in [0.4, 0.5) is 5.69 Å². The summed E-state index contributed by atoms with van der Waals surface area (Å²) in [4.78, 5) is 23.7. The van der Waals surface area contributed by atoms with Crippen molar-refractivity contribution in [1.82, 2.24) is 5.32 Å². The van der Waals surface area contributed by atoms with Gasteiger partial charge in [-0.1, -0.05) is 0 Å². The number of rotatable bonds is 6. The standard InChI is InChI=1S/C19H20N2O4/c1-2-20-18(22)12-25-16-6-4-15(5-7-16)21-19(23)14-3-8-17-13(11-14)9-10-24-17/h3-8,11H,2,9-10,12H2,1H3,(H,20,22)(H,21,23). The van der Waals surface area contributed by atoms with Gasteiger partial charge in [-0.25, -0.2) is 0 Å². The van der Waals surface area contributed by atoms with E-state index in [1.807, 2.05) is 19.1 Å². The van der Waals surface area contributed by atoms with Gasteiger partial charge in [0.1, 0.15) is 11.5 Å². The van der Waals surface area contributed by atoms with Gasteiger partial charge in [-0.15, -0.1) is 0 Å². The molecule has 1 aliphatic rings. The summed E-state index contributed by atoms with van der Waals surface area (Å²) in [5.41, 5.74) is 2.31. The van der Waals surface area contributed by atoms with E-state index in [0.717, 1.165) is 17.7 Å². The first-order valence-corrected chi connectivity index (χ1v) is 8.22. The number of fused-ring (bicyclic) bond motifs is 1. The summed E-state index contributed by atoms with van der Waals surface area (Å²) in [6, 6.07) is 12.3. The fourth-order valence-corrected chi connectivity index (χ4v) is 2.56. The average molecular weight is 340 g/mol. The molecule has 6 nitrogen and oxygen atoms in total. The molecule has 0 fully saturated rings. The lowest BCUT2D eigenvalue weighted by Crippen LogP contribution is -2.28. The Bertz CT molecular complexity index is 771. The van der Waals surface area contributed by atoms with E-state index in [1.165, 1.54) is 0 Å². The molecule has 0 saturated heterocycles. The molecule has 0 unspecified atom stereocenters. The summed E-state index contributed by atoms with van der Waals surface area (Å²) < 4.78 is 10.8. The molecule has 2 aromatic carbocycles. The predicted molar refractivity (Wildman–Crippen MR) is 94.2 cm³/mol. The normalized spacial score (nSPS) is 12.0. The highest BCUT2D eigenvalue weighted by molar-refractivity contribution is 6.04. The average Bonchev–Trinajstić information content (AvgIpc) is 3.09. The van der Waals surface area contributed by atoms with Crippen LogP contribution in [0, 0.1) is 0 Å². The molecular weight excluding hydrogens is 320 g/mol. The topological polar surface area (TPSA) is 76.7 Å². The second-order valence-corrected chi connectivity index (χ2v) is 5.64. The Morgan fingerprint density at radius 1 is 1.16 bits per heavy atom. The Morgan fingerprint density at radius 2 is 1.96 bits per heavy atom. The maximum Gasteiger partial charge on any atom is 0.257 e. The zero-order valence-corrected chi connectivity index (χ0v) is 14.0. The number of hydrogen-bond acceptors (Lipinski definition) is 4. The molecule has 0 spiro atoms. The Hall–Kier alpha value is -3.02. The molecule has 1 aliphatic heterocycles. The third kappa shape index (κ3) is 4.29. The van der Waals surface area contributed by atoms with Crippen molar-refractivity contribution < 1.29 is 19.1 Å².